The molecule has 15 heteroatoms. The first-order valence-electron chi connectivity index (χ1n) is 17.8. The molecule has 0 spiro atoms. The third-order valence-electron chi connectivity index (χ3n) is 10.2. The molecule has 3 aliphatic carbocycles. The molecule has 6 rings (SSSR count). The summed E-state index contributed by atoms with van der Waals surface area (Å²) >= 11 is 0. The summed E-state index contributed by atoms with van der Waals surface area (Å²) in [6.07, 6.45) is 4.11. The highest BCUT2D eigenvalue weighted by Gasteiger charge is 2.62. The van der Waals surface area contributed by atoms with Crippen LogP contribution in [0.15, 0.2) is 49.1 Å². The van der Waals surface area contributed by atoms with E-state index in [1.165, 1.54) is 11.0 Å². The van der Waals surface area contributed by atoms with Gasteiger partial charge in [-0.05, 0) is 80.0 Å². The monoisotopic (exact) mass is 740 g/mol. The highest BCUT2D eigenvalue weighted by molar-refractivity contribution is 7.85. The lowest BCUT2D eigenvalue weighted by atomic mass is 9.85. The van der Waals surface area contributed by atoms with Gasteiger partial charge in [-0.3, -0.25) is 18.6 Å². The zero-order valence-corrected chi connectivity index (χ0v) is 30.8. The molecule has 0 aromatic heterocycles. The van der Waals surface area contributed by atoms with Crippen molar-refractivity contribution in [3.8, 4) is 11.5 Å². The smallest absolute Gasteiger partial charge is 0.408 e. The lowest BCUT2D eigenvalue weighted by Gasteiger charge is -2.35. The van der Waals surface area contributed by atoms with E-state index >= 15 is 0 Å². The summed E-state index contributed by atoms with van der Waals surface area (Å²) in [7, 11) is -2.83. The Morgan fingerprint density at radius 3 is 2.38 bits per heavy atom. The quantitative estimate of drug-likeness (QED) is 0.255. The number of likely N-dealkylation sites (tertiary alicyclic amines) is 1. The molecule has 282 valence electrons. The normalized spacial score (nSPS) is 25.2. The van der Waals surface area contributed by atoms with E-state index in [0.29, 0.717) is 24.3 Å². The Hall–Kier alpha value is -4.37. The van der Waals surface area contributed by atoms with E-state index in [2.05, 4.69) is 17.2 Å². The maximum atomic E-state index is 14.5. The van der Waals surface area contributed by atoms with Crippen LogP contribution in [0, 0.1) is 11.3 Å². The Morgan fingerprint density at radius 1 is 1.02 bits per heavy atom. The molecular weight excluding hydrogens is 692 g/mol. The van der Waals surface area contributed by atoms with E-state index in [4.69, 9.17) is 18.4 Å². The molecule has 2 unspecified atom stereocenters. The summed E-state index contributed by atoms with van der Waals surface area (Å²) in [5.74, 6) is -1.51. The van der Waals surface area contributed by atoms with E-state index in [0.717, 1.165) is 36.5 Å². The van der Waals surface area contributed by atoms with E-state index in [9.17, 15) is 27.6 Å². The van der Waals surface area contributed by atoms with Crippen LogP contribution in [0.2, 0.25) is 0 Å². The molecule has 52 heavy (non-hydrogen) atoms. The lowest BCUT2D eigenvalue weighted by molar-refractivity contribution is -0.143. The van der Waals surface area contributed by atoms with Crippen molar-refractivity contribution in [2.75, 3.05) is 13.7 Å². The number of carbonyl (C=O) groups excluding carboxylic acids is 4. The van der Waals surface area contributed by atoms with Crippen molar-refractivity contribution < 1.29 is 46.0 Å². The fourth-order valence-corrected chi connectivity index (χ4v) is 8.06. The van der Waals surface area contributed by atoms with Gasteiger partial charge in [0.25, 0.3) is 5.91 Å². The van der Waals surface area contributed by atoms with Crippen LogP contribution < -0.4 is 24.8 Å². The fourth-order valence-electron chi connectivity index (χ4n) is 7.05. The zero-order chi connectivity index (χ0) is 37.4. The molecule has 2 aromatic rings. The summed E-state index contributed by atoms with van der Waals surface area (Å²) in [4.78, 5) is 56.6. The topological polar surface area (TPSA) is 179 Å². The van der Waals surface area contributed by atoms with Crippen LogP contribution >= 0.6 is 0 Å². The standard InChI is InChI=1S/C37H48N4O10S/c1-6-23-20-37(23,34(44)40-52(46,47)51-25-14-15-25)39-32(42)29-19-27(49-30-13-9-10-22-18-26(48-5)16-17-28(22)30)21-41(29)33(43)31(36(2,3)4)38-35(45)50-24-11-7-8-12-24/h6,9-10,13,16-18,23-25,27,29,31H,1,7-8,11-12,14-15,19-21H2,2-5H3,(H,38,45)(H,39,42)(H,40,44)/t23-,27-,29?,31?,37-/m1/s1. The summed E-state index contributed by atoms with van der Waals surface area (Å²) < 4.78 is 49.5. The van der Waals surface area contributed by atoms with Crippen LogP contribution in [0.5, 0.6) is 11.5 Å². The third kappa shape index (κ3) is 8.30. The number of hydrogen-bond acceptors (Lipinski definition) is 10. The number of fused-ring (bicyclic) bond motifs is 1. The summed E-state index contributed by atoms with van der Waals surface area (Å²) in [5, 5.41) is 7.20. The Morgan fingerprint density at radius 2 is 1.75 bits per heavy atom. The number of amides is 4. The Labute approximate surface area is 304 Å². The Kier molecular flexibility index (Phi) is 10.5. The molecule has 1 heterocycles. The second-order valence-corrected chi connectivity index (χ2v) is 16.6. The van der Waals surface area contributed by atoms with Gasteiger partial charge in [0.05, 0.1) is 19.8 Å². The van der Waals surface area contributed by atoms with Gasteiger partial charge in [-0.1, -0.05) is 39.0 Å². The van der Waals surface area contributed by atoms with Crippen molar-refractivity contribution in [3.63, 3.8) is 0 Å². The van der Waals surface area contributed by atoms with Crippen LogP contribution in [0.1, 0.15) is 72.1 Å². The van der Waals surface area contributed by atoms with Gasteiger partial charge in [-0.2, -0.15) is 8.42 Å². The average molecular weight is 741 g/mol. The summed E-state index contributed by atoms with van der Waals surface area (Å²) in [6.45, 7) is 9.15. The minimum atomic E-state index is -4.41. The number of nitrogens with zero attached hydrogens (tertiary/aromatic N) is 1. The first-order chi connectivity index (χ1) is 24.6. The van der Waals surface area contributed by atoms with E-state index in [1.807, 2.05) is 35.1 Å². The number of rotatable bonds is 13. The summed E-state index contributed by atoms with van der Waals surface area (Å²) in [5.41, 5.74) is -2.41. The predicted octanol–water partition coefficient (Wildman–Crippen LogP) is 3.88. The number of ether oxygens (including phenoxy) is 3. The minimum absolute atomic E-state index is 0.0108. The molecule has 1 aliphatic heterocycles. The van der Waals surface area contributed by atoms with Crippen LogP contribution in [0.3, 0.4) is 0 Å². The molecule has 4 fully saturated rings. The molecule has 0 bridgehead atoms. The predicted molar refractivity (Wildman–Crippen MR) is 190 cm³/mol. The van der Waals surface area contributed by atoms with Crippen molar-refractivity contribution in [2.24, 2.45) is 11.3 Å². The van der Waals surface area contributed by atoms with Crippen LogP contribution in [0.25, 0.3) is 10.8 Å². The number of benzene rings is 2. The van der Waals surface area contributed by atoms with Gasteiger partial charge >= 0.3 is 16.4 Å². The highest BCUT2D eigenvalue weighted by atomic mass is 32.2. The molecule has 3 N–H and O–H groups in total. The maximum absolute atomic E-state index is 14.5. The Balaban J connectivity index is 1.26. The molecule has 14 nitrogen and oxygen atoms in total. The van der Waals surface area contributed by atoms with Crippen molar-refractivity contribution in [1.82, 2.24) is 20.3 Å². The summed E-state index contributed by atoms with van der Waals surface area (Å²) in [6, 6.07) is 8.89. The van der Waals surface area contributed by atoms with Gasteiger partial charge in [-0.15, -0.1) is 6.58 Å². The number of nitrogens with one attached hydrogen (secondary N) is 3. The average Bonchev–Trinajstić information content (AvgIpc) is 3.92. The maximum Gasteiger partial charge on any atom is 0.408 e. The van der Waals surface area contributed by atoms with E-state index in [-0.39, 0.29) is 25.5 Å². The molecule has 2 aromatic carbocycles. The van der Waals surface area contributed by atoms with Crippen LogP contribution in [-0.4, -0.2) is 86.7 Å². The lowest BCUT2D eigenvalue weighted by Crippen LogP contribution is -2.60. The zero-order valence-electron chi connectivity index (χ0n) is 30.0. The number of hydrogen-bond donors (Lipinski definition) is 3. The van der Waals surface area contributed by atoms with Gasteiger partial charge in [-0.25, -0.2) is 9.52 Å². The SMILES string of the molecule is C=C[C@@H]1C[C@]1(NC(=O)C1C[C@@H](Oc2cccc3cc(OC)ccc23)CN1C(=O)C(NC(=O)OC1CCCC1)C(C)(C)C)C(=O)NS(=O)(=O)OC1CC1. The van der Waals surface area contributed by atoms with Gasteiger partial charge in [0.2, 0.25) is 11.8 Å². The highest BCUT2D eigenvalue weighted by Crippen LogP contribution is 2.45. The van der Waals surface area contributed by atoms with Crippen LogP contribution in [0.4, 0.5) is 4.79 Å². The first-order valence-corrected chi connectivity index (χ1v) is 19.2. The molecule has 4 aliphatic rings. The minimum Gasteiger partial charge on any atom is -0.497 e. The number of carbonyl (C=O) groups is 4. The Bertz CT molecular complexity index is 1830. The molecular formula is C37H48N4O10S. The number of alkyl carbamates (subject to hydrolysis) is 1. The van der Waals surface area contributed by atoms with Crippen molar-refractivity contribution >= 4 is 44.9 Å². The largest absolute Gasteiger partial charge is 0.497 e. The molecule has 5 atom stereocenters. The molecule has 1 saturated heterocycles. The molecule has 4 amide bonds. The molecule has 0 radical (unpaired) electrons. The molecule has 3 saturated carbocycles. The van der Waals surface area contributed by atoms with Gasteiger partial charge < -0.3 is 29.7 Å². The number of methoxy groups -OCH3 is 1. The van der Waals surface area contributed by atoms with Crippen LogP contribution in [-0.2, 0) is 33.6 Å². The second-order valence-electron chi connectivity index (χ2n) is 15.3. The first kappa shape index (κ1) is 37.4. The van der Waals surface area contributed by atoms with Gasteiger partial charge in [0.15, 0.2) is 0 Å². The van der Waals surface area contributed by atoms with E-state index < -0.39 is 75.3 Å². The van der Waals surface area contributed by atoms with Crippen molar-refractivity contribution in [1.29, 1.82) is 0 Å². The van der Waals surface area contributed by atoms with Crippen molar-refractivity contribution in [3.05, 3.63) is 49.1 Å². The second kappa shape index (κ2) is 14.6. The van der Waals surface area contributed by atoms with Crippen molar-refractivity contribution in [2.45, 2.75) is 108 Å². The van der Waals surface area contributed by atoms with E-state index in [1.54, 1.807) is 33.9 Å². The van der Waals surface area contributed by atoms with Gasteiger partial charge in [0.1, 0.15) is 41.3 Å². The van der Waals surface area contributed by atoms with Gasteiger partial charge in [0, 0.05) is 17.7 Å². The fraction of sp³-hybridized carbons (Fsp3) is 0.568. The third-order valence-corrected chi connectivity index (χ3v) is 11.2.